The molecule has 2 rings (SSSR count). The van der Waals surface area contributed by atoms with Crippen LogP contribution in [-0.2, 0) is 10.9 Å². The summed E-state index contributed by atoms with van der Waals surface area (Å²) in [5.74, 6) is -1.79. The van der Waals surface area contributed by atoms with Crippen molar-refractivity contribution in [1.82, 2.24) is 4.90 Å². The number of carbonyl (C=O) groups is 1. The smallest absolute Gasteiger partial charge is 0.420 e. The minimum atomic E-state index is -4.76. The van der Waals surface area contributed by atoms with Gasteiger partial charge in [0.25, 0.3) is 0 Å². The van der Waals surface area contributed by atoms with Crippen molar-refractivity contribution in [2.45, 2.75) is 51.8 Å². The monoisotopic (exact) mass is 401 g/mol. The molecule has 0 saturated carbocycles. The maximum absolute atomic E-state index is 13.9. The largest absolute Gasteiger partial charge is 0.490 e. The van der Waals surface area contributed by atoms with Gasteiger partial charge in [0.05, 0.1) is 12.2 Å². The number of nitrogens with zero attached hydrogens (tertiary/aromatic N) is 1. The first kappa shape index (κ1) is 22.4. The van der Waals surface area contributed by atoms with E-state index < -0.39 is 28.9 Å². The number of halogens is 4. The fourth-order valence-corrected chi connectivity index (χ4v) is 3.03. The molecule has 1 aromatic rings. The third-order valence-corrected chi connectivity index (χ3v) is 4.41. The van der Waals surface area contributed by atoms with E-state index >= 15 is 0 Å². The van der Waals surface area contributed by atoms with Crippen molar-refractivity contribution in [3.8, 4) is 5.75 Å². The van der Waals surface area contributed by atoms with Crippen LogP contribution in [0.2, 0.25) is 0 Å². The van der Waals surface area contributed by atoms with Crippen molar-refractivity contribution in [2.24, 2.45) is 5.92 Å². The first-order valence-electron chi connectivity index (χ1n) is 9.14. The summed E-state index contributed by atoms with van der Waals surface area (Å²) in [6.07, 6.45) is -3.31. The van der Waals surface area contributed by atoms with E-state index in [2.05, 4.69) is 0 Å². The van der Waals surface area contributed by atoms with Gasteiger partial charge in [-0.1, -0.05) is 11.5 Å². The highest BCUT2D eigenvalue weighted by Gasteiger charge is 2.36. The molecule has 1 fully saturated rings. The fraction of sp³-hybridized carbons (Fsp3) is 0.632. The van der Waals surface area contributed by atoms with Crippen LogP contribution in [0, 0.1) is 11.7 Å². The molecule has 28 heavy (non-hydrogen) atoms. The summed E-state index contributed by atoms with van der Waals surface area (Å²) in [5.41, 5.74) is -2.10. The van der Waals surface area contributed by atoms with Crippen LogP contribution >= 0.6 is 0 Å². The molecule has 1 aliphatic rings. The zero-order valence-electron chi connectivity index (χ0n) is 16.2. The molecule has 9 heteroatoms. The van der Waals surface area contributed by atoms with E-state index in [9.17, 15) is 22.4 Å². The van der Waals surface area contributed by atoms with Crippen molar-refractivity contribution >= 4 is 19.4 Å². The summed E-state index contributed by atoms with van der Waals surface area (Å²) in [4.78, 5) is 13.7. The van der Waals surface area contributed by atoms with Crippen molar-refractivity contribution in [3.63, 3.8) is 0 Å². The van der Waals surface area contributed by atoms with Crippen LogP contribution < -0.4 is 10.2 Å². The van der Waals surface area contributed by atoms with Gasteiger partial charge in [-0.05, 0) is 52.0 Å². The predicted molar refractivity (Wildman–Crippen MR) is 97.4 cm³/mol. The first-order chi connectivity index (χ1) is 12.9. The Hall–Kier alpha value is -1.93. The molecule has 2 radical (unpaired) electrons. The van der Waals surface area contributed by atoms with Crippen molar-refractivity contribution in [2.75, 3.05) is 19.7 Å². The molecule has 0 N–H and O–H groups in total. The molecule has 0 spiro atoms. The Morgan fingerprint density at radius 3 is 2.36 bits per heavy atom. The van der Waals surface area contributed by atoms with Crippen LogP contribution in [0.15, 0.2) is 12.1 Å². The van der Waals surface area contributed by atoms with Crippen LogP contribution in [0.3, 0.4) is 0 Å². The number of carbonyl (C=O) groups excluding carboxylic acids is 1. The summed E-state index contributed by atoms with van der Waals surface area (Å²) in [6.45, 7) is 6.33. The lowest BCUT2D eigenvalue weighted by molar-refractivity contribution is -0.139. The predicted octanol–water partition coefficient (Wildman–Crippen LogP) is 4.05. The van der Waals surface area contributed by atoms with Gasteiger partial charge in [0, 0.05) is 13.1 Å². The van der Waals surface area contributed by atoms with E-state index in [-0.39, 0.29) is 24.1 Å². The Bertz CT molecular complexity index is 696. The SMILES string of the molecule is [B]c1cc(F)c(OCCC2CCN(C(=O)OC(C)(C)C)CC2)c(C(F)(F)F)c1. The molecule has 154 valence electrons. The second kappa shape index (κ2) is 8.61. The second-order valence-corrected chi connectivity index (χ2v) is 7.93. The zero-order chi connectivity index (χ0) is 21.1. The molecular formula is C19H24BF4NO3. The Morgan fingerprint density at radius 2 is 1.82 bits per heavy atom. The van der Waals surface area contributed by atoms with Gasteiger partial charge < -0.3 is 14.4 Å². The molecule has 0 atom stereocenters. The molecule has 0 aromatic heterocycles. The van der Waals surface area contributed by atoms with E-state index in [0.717, 1.165) is 6.07 Å². The minimum Gasteiger partial charge on any atom is -0.490 e. The minimum absolute atomic E-state index is 0.0545. The van der Waals surface area contributed by atoms with Gasteiger partial charge in [-0.25, -0.2) is 9.18 Å². The zero-order valence-corrected chi connectivity index (χ0v) is 16.2. The van der Waals surface area contributed by atoms with Gasteiger partial charge in [0.15, 0.2) is 11.6 Å². The number of ether oxygens (including phenoxy) is 2. The standard InChI is InChI=1S/C19H24BF4NO3/c1-18(2,3)28-17(26)25-7-4-12(5-8-25)6-9-27-16-14(19(22,23)24)10-13(20)11-15(16)21/h10-12H,4-9H2,1-3H3. The van der Waals surface area contributed by atoms with Crippen LogP contribution in [0.25, 0.3) is 0 Å². The summed E-state index contributed by atoms with van der Waals surface area (Å²) in [6, 6.07) is 1.47. The highest BCUT2D eigenvalue weighted by Crippen LogP contribution is 2.37. The van der Waals surface area contributed by atoms with E-state index in [1.807, 2.05) is 0 Å². The summed E-state index contributed by atoms with van der Waals surface area (Å²) >= 11 is 0. The lowest BCUT2D eigenvalue weighted by Gasteiger charge is -2.33. The number of alkyl halides is 3. The molecule has 1 heterocycles. The van der Waals surface area contributed by atoms with Crippen molar-refractivity contribution in [3.05, 3.63) is 23.5 Å². The normalized spacial score (nSPS) is 16.2. The lowest BCUT2D eigenvalue weighted by Crippen LogP contribution is -2.41. The van der Waals surface area contributed by atoms with E-state index in [0.29, 0.717) is 38.4 Å². The third-order valence-electron chi connectivity index (χ3n) is 4.41. The van der Waals surface area contributed by atoms with Crippen LogP contribution in [0.4, 0.5) is 22.4 Å². The maximum Gasteiger partial charge on any atom is 0.420 e. The van der Waals surface area contributed by atoms with E-state index in [1.54, 1.807) is 25.7 Å². The average Bonchev–Trinajstić information content (AvgIpc) is 2.54. The highest BCUT2D eigenvalue weighted by atomic mass is 19.4. The topological polar surface area (TPSA) is 38.8 Å². The van der Waals surface area contributed by atoms with Gasteiger partial charge in [0.1, 0.15) is 13.4 Å². The Balaban J connectivity index is 1.87. The molecule has 0 bridgehead atoms. The number of likely N-dealkylation sites (tertiary alicyclic amines) is 1. The Morgan fingerprint density at radius 1 is 1.21 bits per heavy atom. The van der Waals surface area contributed by atoms with Crippen molar-refractivity contribution < 1.29 is 31.8 Å². The van der Waals surface area contributed by atoms with Crippen LogP contribution in [-0.4, -0.2) is 44.1 Å². The lowest BCUT2D eigenvalue weighted by atomic mass is 9.93. The van der Waals surface area contributed by atoms with Crippen LogP contribution in [0.5, 0.6) is 5.75 Å². The molecule has 1 aromatic carbocycles. The first-order valence-corrected chi connectivity index (χ1v) is 9.14. The maximum atomic E-state index is 13.9. The molecule has 4 nitrogen and oxygen atoms in total. The fourth-order valence-electron chi connectivity index (χ4n) is 3.03. The molecule has 0 unspecified atom stereocenters. The van der Waals surface area contributed by atoms with Gasteiger partial charge >= 0.3 is 12.3 Å². The number of hydrogen-bond donors (Lipinski definition) is 0. The highest BCUT2D eigenvalue weighted by molar-refractivity contribution is 6.32. The summed E-state index contributed by atoms with van der Waals surface area (Å²) < 4.78 is 63.6. The number of piperidine rings is 1. The van der Waals surface area contributed by atoms with Gasteiger partial charge in [0.2, 0.25) is 0 Å². The summed E-state index contributed by atoms with van der Waals surface area (Å²) in [5, 5.41) is 0. The molecule has 1 saturated heterocycles. The Labute approximate surface area is 163 Å². The molecular weight excluding hydrogens is 377 g/mol. The third kappa shape index (κ3) is 6.31. The van der Waals surface area contributed by atoms with Gasteiger partial charge in [-0.15, -0.1) is 0 Å². The van der Waals surface area contributed by atoms with Crippen LogP contribution in [0.1, 0.15) is 45.6 Å². The number of rotatable bonds is 4. The van der Waals surface area contributed by atoms with Gasteiger partial charge in [-0.2, -0.15) is 13.2 Å². The van der Waals surface area contributed by atoms with E-state index in [4.69, 9.17) is 17.3 Å². The average molecular weight is 401 g/mol. The quantitative estimate of drug-likeness (QED) is 0.565. The van der Waals surface area contributed by atoms with Gasteiger partial charge in [-0.3, -0.25) is 0 Å². The number of hydrogen-bond acceptors (Lipinski definition) is 3. The molecule has 0 aliphatic carbocycles. The second-order valence-electron chi connectivity index (χ2n) is 7.93. The number of amides is 1. The number of benzene rings is 1. The Kier molecular flexibility index (Phi) is 6.88. The van der Waals surface area contributed by atoms with E-state index in [1.165, 1.54) is 0 Å². The molecule has 1 aliphatic heterocycles. The molecule has 1 amide bonds. The summed E-state index contributed by atoms with van der Waals surface area (Å²) in [7, 11) is 5.31. The van der Waals surface area contributed by atoms with Crippen molar-refractivity contribution in [1.29, 1.82) is 0 Å².